The summed E-state index contributed by atoms with van der Waals surface area (Å²) in [5, 5.41) is 27.9. The highest BCUT2D eigenvalue weighted by molar-refractivity contribution is 5.58. The lowest BCUT2D eigenvalue weighted by atomic mass is 9.52. The second-order valence-corrected chi connectivity index (χ2v) is 11.2. The van der Waals surface area contributed by atoms with Crippen molar-refractivity contribution in [3.05, 3.63) is 41.2 Å². The summed E-state index contributed by atoms with van der Waals surface area (Å²) in [6.07, 6.45) is 10.0. The minimum Gasteiger partial charge on any atom is -0.504 e. The molecule has 6 rings (SSSR count). The number of aromatic hydroxyl groups is 1. The van der Waals surface area contributed by atoms with Gasteiger partial charge in [-0.05, 0) is 81.6 Å². The van der Waals surface area contributed by atoms with Gasteiger partial charge in [0.05, 0.1) is 25.5 Å². The minimum atomic E-state index is -0.828. The van der Waals surface area contributed by atoms with Gasteiger partial charge in [0.1, 0.15) is 0 Å². The maximum absolute atomic E-state index is 12.7. The molecule has 7 nitrogen and oxygen atoms in total. The molecule has 0 radical (unpaired) electrons. The van der Waals surface area contributed by atoms with E-state index in [0.29, 0.717) is 5.75 Å². The average molecular weight is 467 g/mol. The number of likely N-dealkylation sites (tertiary alicyclic amines) is 2. The third-order valence-electron chi connectivity index (χ3n) is 9.23. The SMILES string of the molecule is COc1c(O)ccc2c1[C@@]13CCN(CCn4cc(C)cn4)CC[C@@]1(O)[C@@H](C2)N(CC1CC1)CC3. The fourth-order valence-electron chi connectivity index (χ4n) is 7.26. The van der Waals surface area contributed by atoms with Crippen LogP contribution < -0.4 is 4.74 Å². The van der Waals surface area contributed by atoms with Crippen molar-refractivity contribution >= 4 is 0 Å². The van der Waals surface area contributed by atoms with Crippen LogP contribution in [0.5, 0.6) is 11.5 Å². The zero-order valence-electron chi connectivity index (χ0n) is 20.5. The molecular formula is C27H38N4O3. The van der Waals surface area contributed by atoms with Gasteiger partial charge in [-0.25, -0.2) is 0 Å². The molecule has 2 aliphatic carbocycles. The number of aryl methyl sites for hydroxylation is 1. The number of benzene rings is 1. The molecule has 1 aromatic carbocycles. The smallest absolute Gasteiger partial charge is 0.164 e. The van der Waals surface area contributed by atoms with Gasteiger partial charge in [-0.3, -0.25) is 9.58 Å². The molecule has 184 valence electrons. The Morgan fingerprint density at radius 2 is 1.91 bits per heavy atom. The Morgan fingerprint density at radius 1 is 1.12 bits per heavy atom. The van der Waals surface area contributed by atoms with E-state index < -0.39 is 11.0 Å². The van der Waals surface area contributed by atoms with Crippen molar-refractivity contribution in [2.24, 2.45) is 5.92 Å². The van der Waals surface area contributed by atoms with Gasteiger partial charge in [-0.2, -0.15) is 5.10 Å². The topological polar surface area (TPSA) is 74.0 Å². The van der Waals surface area contributed by atoms with Crippen molar-refractivity contribution < 1.29 is 14.9 Å². The van der Waals surface area contributed by atoms with Gasteiger partial charge in [-0.15, -0.1) is 0 Å². The first kappa shape index (κ1) is 22.4. The molecule has 3 heterocycles. The van der Waals surface area contributed by atoms with E-state index in [1.807, 2.05) is 10.9 Å². The average Bonchev–Trinajstić information content (AvgIpc) is 3.57. The van der Waals surface area contributed by atoms with E-state index in [9.17, 15) is 10.2 Å². The number of piperidine rings is 1. The number of aromatic nitrogens is 2. The lowest BCUT2D eigenvalue weighted by molar-refractivity contribution is -0.149. The van der Waals surface area contributed by atoms with Crippen LogP contribution in [0.3, 0.4) is 0 Å². The zero-order chi connectivity index (χ0) is 23.5. The number of phenolic OH excluding ortho intramolecular Hbond substituents is 1. The summed E-state index contributed by atoms with van der Waals surface area (Å²) in [7, 11) is 1.65. The van der Waals surface area contributed by atoms with Gasteiger partial charge < -0.3 is 19.8 Å². The molecule has 2 aliphatic heterocycles. The third kappa shape index (κ3) is 3.47. The highest BCUT2D eigenvalue weighted by Gasteiger charge is 2.64. The molecule has 0 amide bonds. The van der Waals surface area contributed by atoms with Crippen LogP contribution in [0, 0.1) is 12.8 Å². The Bertz CT molecular complexity index is 1070. The number of hydrogen-bond donors (Lipinski definition) is 2. The summed E-state index contributed by atoms with van der Waals surface area (Å²) in [5.74, 6) is 1.56. The van der Waals surface area contributed by atoms with Crippen LogP contribution in [0.4, 0.5) is 0 Å². The highest BCUT2D eigenvalue weighted by atomic mass is 16.5. The molecule has 2 aromatic rings. The van der Waals surface area contributed by atoms with Crippen LogP contribution >= 0.6 is 0 Å². The van der Waals surface area contributed by atoms with Gasteiger partial charge in [0.25, 0.3) is 0 Å². The predicted molar refractivity (Wildman–Crippen MR) is 130 cm³/mol. The number of nitrogens with zero attached hydrogens (tertiary/aromatic N) is 4. The Morgan fingerprint density at radius 3 is 2.65 bits per heavy atom. The van der Waals surface area contributed by atoms with Crippen molar-refractivity contribution in [1.29, 1.82) is 0 Å². The van der Waals surface area contributed by atoms with E-state index in [1.54, 1.807) is 13.2 Å². The number of ether oxygens (including phenoxy) is 1. The molecule has 1 saturated carbocycles. The molecule has 2 saturated heterocycles. The molecule has 4 aliphatic rings. The number of rotatable bonds is 6. The van der Waals surface area contributed by atoms with E-state index in [4.69, 9.17) is 4.74 Å². The maximum atomic E-state index is 12.7. The van der Waals surface area contributed by atoms with Crippen molar-refractivity contribution in [3.8, 4) is 11.5 Å². The molecule has 1 aromatic heterocycles. The Labute approximate surface area is 202 Å². The van der Waals surface area contributed by atoms with Crippen molar-refractivity contribution in [2.75, 3.05) is 39.8 Å². The molecule has 0 unspecified atom stereocenters. The number of phenols is 1. The zero-order valence-corrected chi connectivity index (χ0v) is 20.5. The number of fused-ring (bicyclic) bond motifs is 1. The van der Waals surface area contributed by atoms with Crippen LogP contribution in [0.15, 0.2) is 24.5 Å². The van der Waals surface area contributed by atoms with Gasteiger partial charge in [0, 0.05) is 42.9 Å². The molecular weight excluding hydrogens is 428 g/mol. The quantitative estimate of drug-likeness (QED) is 0.682. The standard InChI is InChI=1S/C27H38N4O3/c1-19-16-28-31(17-19)14-13-29-10-7-26-8-12-30(18-20-3-4-20)23(27(26,33)9-11-29)15-21-5-6-22(32)25(34-2)24(21)26/h5-6,16-17,20,23,32-33H,3-4,7-15,18H2,1-2H3/t23-,26+,27-/m1/s1. The van der Waals surface area contributed by atoms with Gasteiger partial charge in [-0.1, -0.05) is 6.07 Å². The summed E-state index contributed by atoms with van der Waals surface area (Å²) in [6, 6.07) is 3.97. The largest absolute Gasteiger partial charge is 0.504 e. The lowest BCUT2D eigenvalue weighted by Gasteiger charge is -2.61. The van der Waals surface area contributed by atoms with Crippen LogP contribution in [-0.2, 0) is 18.4 Å². The van der Waals surface area contributed by atoms with E-state index in [1.165, 1.54) is 24.0 Å². The number of aliphatic hydroxyl groups is 1. The summed E-state index contributed by atoms with van der Waals surface area (Å²) >= 11 is 0. The third-order valence-corrected chi connectivity index (χ3v) is 9.23. The Kier molecular flexibility index (Phi) is 5.43. The monoisotopic (exact) mass is 466 g/mol. The lowest BCUT2D eigenvalue weighted by Crippen LogP contribution is -2.71. The van der Waals surface area contributed by atoms with Crippen LogP contribution in [0.2, 0.25) is 0 Å². The number of hydrogen-bond acceptors (Lipinski definition) is 6. The summed E-state index contributed by atoms with van der Waals surface area (Å²) in [6.45, 7) is 7.77. The van der Waals surface area contributed by atoms with E-state index in [2.05, 4.69) is 34.1 Å². The maximum Gasteiger partial charge on any atom is 0.164 e. The Balaban J connectivity index is 1.36. The first-order valence-electron chi connectivity index (χ1n) is 13.0. The van der Waals surface area contributed by atoms with E-state index >= 15 is 0 Å². The first-order valence-corrected chi connectivity index (χ1v) is 13.0. The second kappa shape index (κ2) is 8.25. The first-order chi connectivity index (χ1) is 16.4. The minimum absolute atomic E-state index is 0.123. The summed E-state index contributed by atoms with van der Waals surface area (Å²) in [4.78, 5) is 5.10. The predicted octanol–water partition coefficient (Wildman–Crippen LogP) is 2.71. The summed E-state index contributed by atoms with van der Waals surface area (Å²) < 4.78 is 7.82. The molecule has 3 fully saturated rings. The molecule has 0 spiro atoms. The normalized spacial score (nSPS) is 31.6. The van der Waals surface area contributed by atoms with Crippen LogP contribution in [0.1, 0.15) is 48.8 Å². The molecule has 7 heteroatoms. The molecule has 2 bridgehead atoms. The van der Waals surface area contributed by atoms with Gasteiger partial charge in [0.2, 0.25) is 0 Å². The van der Waals surface area contributed by atoms with Crippen molar-refractivity contribution in [1.82, 2.24) is 19.6 Å². The fourth-order valence-corrected chi connectivity index (χ4v) is 7.26. The summed E-state index contributed by atoms with van der Waals surface area (Å²) in [5.41, 5.74) is 2.27. The molecule has 34 heavy (non-hydrogen) atoms. The second-order valence-electron chi connectivity index (χ2n) is 11.2. The van der Waals surface area contributed by atoms with E-state index in [-0.39, 0.29) is 11.8 Å². The van der Waals surface area contributed by atoms with E-state index in [0.717, 1.165) is 76.4 Å². The van der Waals surface area contributed by atoms with Crippen LogP contribution in [0.25, 0.3) is 0 Å². The van der Waals surface area contributed by atoms with Gasteiger partial charge in [0.15, 0.2) is 11.5 Å². The van der Waals surface area contributed by atoms with Crippen molar-refractivity contribution in [3.63, 3.8) is 0 Å². The van der Waals surface area contributed by atoms with Gasteiger partial charge >= 0.3 is 0 Å². The highest BCUT2D eigenvalue weighted by Crippen LogP contribution is 2.59. The van der Waals surface area contributed by atoms with Crippen LogP contribution in [-0.4, -0.2) is 81.3 Å². The van der Waals surface area contributed by atoms with Crippen molar-refractivity contribution in [2.45, 2.75) is 69.1 Å². The molecule has 2 N–H and O–H groups in total. The Hall–Kier alpha value is -2.09. The fraction of sp³-hybridized carbons (Fsp3) is 0.667. The molecule has 3 atom stereocenters. The number of methoxy groups -OCH3 is 1.